The summed E-state index contributed by atoms with van der Waals surface area (Å²) in [5.74, 6) is -0.586. The summed E-state index contributed by atoms with van der Waals surface area (Å²) in [6, 6.07) is 10.6. The second kappa shape index (κ2) is 12.5. The molecule has 0 amide bonds. The monoisotopic (exact) mass is 281 g/mol. The van der Waals surface area contributed by atoms with Crippen LogP contribution in [0.2, 0.25) is 0 Å². The highest BCUT2D eigenvalue weighted by molar-refractivity contribution is 4.93. The van der Waals surface area contributed by atoms with E-state index in [1.807, 2.05) is 12.1 Å². The molecule has 0 N–H and O–H groups in total. The molecule has 21 heavy (non-hydrogen) atoms. The normalized spacial score (nSPS) is 13.5. The van der Waals surface area contributed by atoms with Gasteiger partial charge in [-0.3, -0.25) is 0 Å². The van der Waals surface area contributed by atoms with E-state index in [0.717, 1.165) is 6.42 Å². The van der Waals surface area contributed by atoms with Crippen LogP contribution in [0.4, 0.5) is 0 Å². The summed E-state index contributed by atoms with van der Waals surface area (Å²) in [5.41, 5.74) is 0. The molecule has 3 atom stereocenters. The van der Waals surface area contributed by atoms with E-state index < -0.39 is 0 Å². The lowest BCUT2D eigenvalue weighted by molar-refractivity contribution is 0.423. The summed E-state index contributed by atoms with van der Waals surface area (Å²) in [5, 5.41) is 44.1. The van der Waals surface area contributed by atoms with Gasteiger partial charge in [0.25, 0.3) is 0 Å². The molecule has 0 aromatic carbocycles. The molecule has 3 unspecified atom stereocenters. The highest BCUT2D eigenvalue weighted by atomic mass is 14.3. The maximum Gasteiger partial charge on any atom is 0.0656 e. The Balaban J connectivity index is 4.14. The maximum absolute atomic E-state index is 9.13. The first-order valence-electron chi connectivity index (χ1n) is 7.14. The lowest BCUT2D eigenvalue weighted by atomic mass is 9.88. The molecule has 0 saturated heterocycles. The summed E-state index contributed by atoms with van der Waals surface area (Å²) in [6.07, 6.45) is 4.38. The van der Waals surface area contributed by atoms with Crippen molar-refractivity contribution >= 4 is 0 Å². The van der Waals surface area contributed by atoms with Crippen molar-refractivity contribution in [1.29, 1.82) is 26.3 Å². The number of hydrogen-bond acceptors (Lipinski definition) is 5. The number of nitriles is 5. The molecule has 0 aliphatic carbocycles. The van der Waals surface area contributed by atoms with Gasteiger partial charge in [0.15, 0.2) is 0 Å². The van der Waals surface area contributed by atoms with Crippen molar-refractivity contribution < 1.29 is 0 Å². The van der Waals surface area contributed by atoms with Gasteiger partial charge in [-0.1, -0.05) is 6.42 Å². The van der Waals surface area contributed by atoms with Gasteiger partial charge in [-0.15, -0.1) is 0 Å². The molecule has 0 bridgehead atoms. The van der Waals surface area contributed by atoms with Gasteiger partial charge < -0.3 is 0 Å². The Morgan fingerprint density at radius 3 is 1.48 bits per heavy atom. The van der Waals surface area contributed by atoms with E-state index in [0.29, 0.717) is 44.9 Å². The van der Waals surface area contributed by atoms with E-state index in [1.54, 1.807) is 0 Å². The smallest absolute Gasteiger partial charge is 0.0656 e. The van der Waals surface area contributed by atoms with Gasteiger partial charge in [0.05, 0.1) is 30.3 Å². The Morgan fingerprint density at radius 2 is 1.00 bits per heavy atom. The summed E-state index contributed by atoms with van der Waals surface area (Å²) in [7, 11) is 0. The van der Waals surface area contributed by atoms with Gasteiger partial charge in [0, 0.05) is 30.6 Å². The third-order valence-electron chi connectivity index (χ3n) is 3.43. The highest BCUT2D eigenvalue weighted by Gasteiger charge is 2.16. The minimum atomic E-state index is -0.250. The second-order valence-corrected chi connectivity index (χ2v) is 5.04. The Kier molecular flexibility index (Phi) is 11.0. The molecule has 0 aromatic rings. The number of rotatable bonds is 10. The van der Waals surface area contributed by atoms with Crippen molar-refractivity contribution in [2.75, 3.05) is 0 Å². The van der Waals surface area contributed by atoms with Gasteiger partial charge >= 0.3 is 0 Å². The molecular weight excluding hydrogens is 262 g/mol. The average molecular weight is 281 g/mol. The summed E-state index contributed by atoms with van der Waals surface area (Å²) < 4.78 is 0. The zero-order chi connectivity index (χ0) is 15.9. The fourth-order valence-electron chi connectivity index (χ4n) is 2.18. The largest absolute Gasteiger partial charge is 0.198 e. The van der Waals surface area contributed by atoms with E-state index in [9.17, 15) is 0 Å². The van der Waals surface area contributed by atoms with Crippen molar-refractivity contribution in [1.82, 2.24) is 0 Å². The molecule has 108 valence electrons. The van der Waals surface area contributed by atoms with Crippen molar-refractivity contribution in [3.63, 3.8) is 0 Å². The van der Waals surface area contributed by atoms with Gasteiger partial charge in [0.2, 0.25) is 0 Å². The van der Waals surface area contributed by atoms with Crippen molar-refractivity contribution in [2.45, 2.75) is 51.4 Å². The first kappa shape index (κ1) is 18.4. The molecule has 5 heteroatoms. The quantitative estimate of drug-likeness (QED) is 0.606. The van der Waals surface area contributed by atoms with E-state index in [1.165, 1.54) is 0 Å². The molecular formula is C16H19N5. The van der Waals surface area contributed by atoms with Crippen molar-refractivity contribution in [2.24, 2.45) is 17.8 Å². The summed E-state index contributed by atoms with van der Waals surface area (Å²) >= 11 is 0. The van der Waals surface area contributed by atoms with Crippen LogP contribution in [0.3, 0.4) is 0 Å². The zero-order valence-electron chi connectivity index (χ0n) is 12.1. The first-order chi connectivity index (χ1) is 10.2. The Bertz CT molecular complexity index is 491. The van der Waals surface area contributed by atoms with Gasteiger partial charge in [0.1, 0.15) is 0 Å². The standard InChI is InChI=1S/C16H19N5/c17-8-2-6-14(11-19)4-1-5-15(12-20)10-16(13-21)7-3-9-18/h14-16H,1-7,10H2. The predicted octanol–water partition coefficient (Wildman–Crippen LogP) is 3.57. The molecule has 0 aromatic heterocycles. The van der Waals surface area contributed by atoms with Crippen LogP contribution in [-0.2, 0) is 0 Å². The van der Waals surface area contributed by atoms with E-state index >= 15 is 0 Å². The fraction of sp³-hybridized carbons (Fsp3) is 0.688. The summed E-state index contributed by atoms with van der Waals surface area (Å²) in [6.45, 7) is 0. The SMILES string of the molecule is N#CCCC(C#N)CCCC(C#N)CC(C#N)CCC#N. The number of nitrogens with zero attached hydrogens (tertiary/aromatic N) is 5. The molecule has 0 aliphatic rings. The van der Waals surface area contributed by atoms with E-state index in [-0.39, 0.29) is 17.8 Å². The van der Waals surface area contributed by atoms with Gasteiger partial charge in [-0.25, -0.2) is 0 Å². The van der Waals surface area contributed by atoms with Crippen LogP contribution in [0.15, 0.2) is 0 Å². The van der Waals surface area contributed by atoms with E-state index in [4.69, 9.17) is 26.3 Å². The van der Waals surface area contributed by atoms with Gasteiger partial charge in [-0.05, 0) is 32.1 Å². The lowest BCUT2D eigenvalue weighted by Crippen LogP contribution is -2.07. The van der Waals surface area contributed by atoms with Crippen LogP contribution in [0.1, 0.15) is 51.4 Å². The molecule has 5 nitrogen and oxygen atoms in total. The molecule has 0 fully saturated rings. The molecule has 0 aliphatic heterocycles. The minimum absolute atomic E-state index is 0.130. The molecule has 0 saturated carbocycles. The fourth-order valence-corrected chi connectivity index (χ4v) is 2.18. The van der Waals surface area contributed by atoms with E-state index in [2.05, 4.69) is 18.2 Å². The Morgan fingerprint density at radius 1 is 0.571 bits per heavy atom. The third kappa shape index (κ3) is 9.05. The zero-order valence-corrected chi connectivity index (χ0v) is 12.1. The van der Waals surface area contributed by atoms with Crippen LogP contribution in [0.5, 0.6) is 0 Å². The third-order valence-corrected chi connectivity index (χ3v) is 3.43. The maximum atomic E-state index is 9.13. The lowest BCUT2D eigenvalue weighted by Gasteiger charge is -2.13. The Hall–Kier alpha value is -2.55. The van der Waals surface area contributed by atoms with Crippen molar-refractivity contribution in [3.8, 4) is 30.3 Å². The highest BCUT2D eigenvalue weighted by Crippen LogP contribution is 2.23. The number of hydrogen-bond donors (Lipinski definition) is 0. The van der Waals surface area contributed by atoms with Crippen LogP contribution < -0.4 is 0 Å². The summed E-state index contributed by atoms with van der Waals surface area (Å²) in [4.78, 5) is 0. The molecule has 0 spiro atoms. The Labute approximate surface area is 126 Å². The van der Waals surface area contributed by atoms with Crippen molar-refractivity contribution in [3.05, 3.63) is 0 Å². The van der Waals surface area contributed by atoms with Gasteiger partial charge in [-0.2, -0.15) is 26.3 Å². The van der Waals surface area contributed by atoms with Crippen LogP contribution in [0.25, 0.3) is 0 Å². The molecule has 0 radical (unpaired) electrons. The molecule has 0 heterocycles. The minimum Gasteiger partial charge on any atom is -0.198 e. The van der Waals surface area contributed by atoms with Crippen LogP contribution in [-0.4, -0.2) is 0 Å². The van der Waals surface area contributed by atoms with Crippen LogP contribution in [0, 0.1) is 74.4 Å². The predicted molar refractivity (Wildman–Crippen MR) is 75.5 cm³/mol. The first-order valence-corrected chi connectivity index (χ1v) is 7.14. The second-order valence-electron chi connectivity index (χ2n) is 5.04. The molecule has 0 rings (SSSR count). The topological polar surface area (TPSA) is 119 Å². The van der Waals surface area contributed by atoms with Crippen LogP contribution >= 0.6 is 0 Å². The average Bonchev–Trinajstić information content (AvgIpc) is 2.52.